The van der Waals surface area contributed by atoms with Crippen LogP contribution in [-0.4, -0.2) is 47.2 Å². The van der Waals surface area contributed by atoms with Crippen molar-refractivity contribution < 1.29 is 9.59 Å². The molecule has 1 aliphatic rings. The Bertz CT molecular complexity index is 639. The van der Waals surface area contributed by atoms with Gasteiger partial charge in [0.25, 0.3) is 0 Å². The molecule has 1 aliphatic heterocycles. The largest absolute Gasteiger partial charge is 0.335 e. The molecule has 1 heterocycles. The van der Waals surface area contributed by atoms with Crippen LogP contribution in [0, 0.1) is 5.92 Å². The first-order chi connectivity index (χ1) is 11.7. The molecule has 3 N–H and O–H groups in total. The summed E-state index contributed by atoms with van der Waals surface area (Å²) in [5.41, 5.74) is 6.46. The number of rotatable bonds is 5. The van der Waals surface area contributed by atoms with Crippen LogP contribution in [0.3, 0.4) is 0 Å². The third kappa shape index (κ3) is 4.86. The lowest BCUT2D eigenvalue weighted by Gasteiger charge is -2.23. The van der Waals surface area contributed by atoms with Gasteiger partial charge in [0.15, 0.2) is 0 Å². The number of carbonyl (C=O) groups excluding carboxylic acids is 2. The first kappa shape index (κ1) is 20.5. The first-order valence-corrected chi connectivity index (χ1v) is 9.53. The number of alkyl halides is 1. The molecule has 1 aromatic rings. The highest BCUT2D eigenvalue weighted by molar-refractivity contribution is 9.09. The van der Waals surface area contributed by atoms with Crippen molar-refractivity contribution in [2.75, 3.05) is 18.9 Å². The molecule has 1 aromatic carbocycles. The zero-order valence-electron chi connectivity index (χ0n) is 14.1. The van der Waals surface area contributed by atoms with Gasteiger partial charge in [0.2, 0.25) is 11.8 Å². The lowest BCUT2D eigenvalue weighted by molar-refractivity contribution is -0.134. The van der Waals surface area contributed by atoms with Gasteiger partial charge >= 0.3 is 0 Å². The van der Waals surface area contributed by atoms with Gasteiger partial charge in [0.1, 0.15) is 6.04 Å². The Balaban J connectivity index is 1.96. The van der Waals surface area contributed by atoms with E-state index in [4.69, 9.17) is 23.2 Å². The molecule has 3 atom stereocenters. The smallest absolute Gasteiger partial charge is 0.244 e. The fourth-order valence-electron chi connectivity index (χ4n) is 2.61. The average Bonchev–Trinajstić information content (AvgIpc) is 2.92. The van der Waals surface area contributed by atoms with Crippen LogP contribution in [-0.2, 0) is 9.59 Å². The maximum Gasteiger partial charge on any atom is 0.244 e. The fourth-order valence-corrected chi connectivity index (χ4v) is 4.20. The van der Waals surface area contributed by atoms with Crippen molar-refractivity contribution >= 4 is 56.6 Å². The second-order valence-electron chi connectivity index (χ2n) is 6.32. The minimum Gasteiger partial charge on any atom is -0.335 e. The number of benzene rings is 1. The molecule has 2 rings (SSSR count). The normalized spacial score (nSPS) is 22.9. The van der Waals surface area contributed by atoms with E-state index in [2.05, 4.69) is 45.9 Å². The number of nitrogens with one attached hydrogen (secondary N) is 3. The molecule has 6 nitrogen and oxygen atoms in total. The maximum absolute atomic E-state index is 12.6. The lowest BCUT2D eigenvalue weighted by Crippen LogP contribution is -2.48. The van der Waals surface area contributed by atoms with Crippen LogP contribution >= 0.6 is 39.1 Å². The van der Waals surface area contributed by atoms with Gasteiger partial charge in [-0.25, -0.2) is 5.43 Å². The summed E-state index contributed by atoms with van der Waals surface area (Å²) in [6.07, 6.45) is 0. The number of hydrazine groups is 1. The molecule has 0 radical (unpaired) electrons. The Hall–Kier alpha value is -0.860. The van der Waals surface area contributed by atoms with Gasteiger partial charge in [-0.05, 0) is 18.1 Å². The van der Waals surface area contributed by atoms with Gasteiger partial charge in [0.05, 0.1) is 27.1 Å². The van der Waals surface area contributed by atoms with E-state index in [1.54, 1.807) is 25.2 Å². The van der Waals surface area contributed by atoms with Crippen molar-refractivity contribution in [3.05, 3.63) is 28.2 Å². The molecular formula is C16H21BrCl2N4O2. The second kappa shape index (κ2) is 8.68. The van der Waals surface area contributed by atoms with Crippen LogP contribution in [0.4, 0.5) is 5.69 Å². The number of nitrogens with zero attached hydrogens (tertiary/aromatic N) is 1. The first-order valence-electron chi connectivity index (χ1n) is 7.86. The Kier molecular flexibility index (Phi) is 7.10. The fraction of sp³-hybridized carbons (Fsp3) is 0.500. The number of anilines is 1. The number of halogens is 3. The molecule has 2 amide bonds. The number of para-hydroxylation sites is 1. The summed E-state index contributed by atoms with van der Waals surface area (Å²) < 4.78 is 0. The predicted molar refractivity (Wildman–Crippen MR) is 104 cm³/mol. The Morgan fingerprint density at radius 2 is 1.88 bits per heavy atom. The number of likely N-dealkylation sites (N-methyl/N-ethyl adjacent to an activating group) is 1. The molecule has 1 fully saturated rings. The number of carbonyl (C=O) groups is 2. The van der Waals surface area contributed by atoms with Crippen molar-refractivity contribution in [3.63, 3.8) is 0 Å². The standard InChI is InChI=1S/C16H21BrCl2N4O2/c1-8(2)13-12(17)15(22-21-13)16(25)23(3)7-11(24)20-14-9(18)5-4-6-10(14)19/h4-6,8,12-13,15,21-22H,7H2,1-3H3,(H,20,24). The third-order valence-electron chi connectivity index (χ3n) is 4.04. The molecule has 1 saturated heterocycles. The molecule has 0 aromatic heterocycles. The van der Waals surface area contributed by atoms with E-state index in [1.807, 2.05) is 0 Å². The zero-order chi connectivity index (χ0) is 18.7. The Labute approximate surface area is 165 Å². The van der Waals surface area contributed by atoms with E-state index in [0.29, 0.717) is 21.7 Å². The van der Waals surface area contributed by atoms with E-state index in [0.717, 1.165) is 0 Å². The zero-order valence-corrected chi connectivity index (χ0v) is 17.2. The highest BCUT2D eigenvalue weighted by atomic mass is 79.9. The predicted octanol–water partition coefficient (Wildman–Crippen LogP) is 2.65. The molecule has 0 saturated carbocycles. The summed E-state index contributed by atoms with van der Waals surface area (Å²) in [5.74, 6) is -0.202. The van der Waals surface area contributed by atoms with Crippen molar-refractivity contribution in [1.82, 2.24) is 15.8 Å². The minimum atomic E-state index is -0.450. The average molecular weight is 452 g/mol. The summed E-state index contributed by atoms with van der Waals surface area (Å²) in [6, 6.07) is 4.63. The van der Waals surface area contributed by atoms with E-state index < -0.39 is 6.04 Å². The summed E-state index contributed by atoms with van der Waals surface area (Å²) >= 11 is 15.6. The summed E-state index contributed by atoms with van der Waals surface area (Å²) in [5, 5.41) is 3.34. The molecule has 9 heteroatoms. The van der Waals surface area contributed by atoms with Gasteiger partial charge in [-0.2, -0.15) is 0 Å². The number of amides is 2. The number of hydrogen-bond donors (Lipinski definition) is 3. The Morgan fingerprint density at radius 1 is 1.28 bits per heavy atom. The van der Waals surface area contributed by atoms with Crippen molar-refractivity contribution in [2.45, 2.75) is 30.8 Å². The molecule has 25 heavy (non-hydrogen) atoms. The van der Waals surface area contributed by atoms with Crippen LogP contribution in [0.5, 0.6) is 0 Å². The highest BCUT2D eigenvalue weighted by Gasteiger charge is 2.41. The van der Waals surface area contributed by atoms with E-state index in [1.165, 1.54) is 4.90 Å². The second-order valence-corrected chi connectivity index (χ2v) is 8.19. The van der Waals surface area contributed by atoms with E-state index in [-0.39, 0.29) is 29.2 Å². The van der Waals surface area contributed by atoms with Crippen LogP contribution in [0.15, 0.2) is 18.2 Å². The van der Waals surface area contributed by atoms with Gasteiger partial charge in [-0.3, -0.25) is 15.0 Å². The minimum absolute atomic E-state index is 0.0662. The highest BCUT2D eigenvalue weighted by Crippen LogP contribution is 2.29. The summed E-state index contributed by atoms with van der Waals surface area (Å²) in [7, 11) is 1.58. The van der Waals surface area contributed by atoms with Gasteiger partial charge in [-0.1, -0.05) is 59.0 Å². The monoisotopic (exact) mass is 450 g/mol. The lowest BCUT2D eigenvalue weighted by atomic mass is 9.99. The van der Waals surface area contributed by atoms with Crippen LogP contribution in [0.25, 0.3) is 0 Å². The maximum atomic E-state index is 12.6. The molecule has 3 unspecified atom stereocenters. The summed E-state index contributed by atoms with van der Waals surface area (Å²) in [4.78, 5) is 26.1. The van der Waals surface area contributed by atoms with Crippen molar-refractivity contribution in [3.8, 4) is 0 Å². The van der Waals surface area contributed by atoms with Crippen molar-refractivity contribution in [2.24, 2.45) is 5.92 Å². The van der Waals surface area contributed by atoms with E-state index in [9.17, 15) is 9.59 Å². The molecule has 0 bridgehead atoms. The topological polar surface area (TPSA) is 73.5 Å². The third-order valence-corrected chi connectivity index (χ3v) is 5.76. The SMILES string of the molecule is CC(C)C1NNC(C(=O)N(C)CC(=O)Nc2c(Cl)cccc2Cl)C1Br. The molecule has 0 spiro atoms. The van der Waals surface area contributed by atoms with Gasteiger partial charge < -0.3 is 10.2 Å². The molecular weight excluding hydrogens is 431 g/mol. The van der Waals surface area contributed by atoms with Gasteiger partial charge in [-0.15, -0.1) is 0 Å². The number of hydrogen-bond acceptors (Lipinski definition) is 4. The van der Waals surface area contributed by atoms with Crippen LogP contribution in [0.1, 0.15) is 13.8 Å². The Morgan fingerprint density at radius 3 is 2.40 bits per heavy atom. The van der Waals surface area contributed by atoms with Crippen molar-refractivity contribution in [1.29, 1.82) is 0 Å². The quantitative estimate of drug-likeness (QED) is 0.601. The van der Waals surface area contributed by atoms with Gasteiger partial charge in [0, 0.05) is 13.1 Å². The van der Waals surface area contributed by atoms with Crippen LogP contribution in [0.2, 0.25) is 10.0 Å². The molecule has 138 valence electrons. The van der Waals surface area contributed by atoms with E-state index >= 15 is 0 Å². The van der Waals surface area contributed by atoms with Crippen LogP contribution < -0.4 is 16.2 Å². The molecule has 0 aliphatic carbocycles. The summed E-state index contributed by atoms with van der Waals surface area (Å²) in [6.45, 7) is 4.04.